The zero-order valence-corrected chi connectivity index (χ0v) is 10.0. The zero-order chi connectivity index (χ0) is 12.5. The number of hydrogen-bond acceptors (Lipinski definition) is 5. The van der Waals surface area contributed by atoms with Gasteiger partial charge in [0.05, 0.1) is 0 Å². The van der Waals surface area contributed by atoms with E-state index in [4.69, 9.17) is 14.3 Å². The van der Waals surface area contributed by atoms with E-state index < -0.39 is 5.97 Å². The minimum Gasteiger partial charge on any atom is -0.481 e. The van der Waals surface area contributed by atoms with E-state index in [2.05, 4.69) is 10.2 Å². The molecule has 0 spiro atoms. The Balaban J connectivity index is 2.18. The second-order valence-electron chi connectivity index (χ2n) is 3.74. The second kappa shape index (κ2) is 7.78. The summed E-state index contributed by atoms with van der Waals surface area (Å²) in [4.78, 5) is 10.3. The highest BCUT2D eigenvalue weighted by Gasteiger charge is 2.06. The van der Waals surface area contributed by atoms with Gasteiger partial charge in [-0.3, -0.25) is 4.79 Å². The maximum Gasteiger partial charge on any atom is 0.303 e. The predicted molar refractivity (Wildman–Crippen MR) is 59.4 cm³/mol. The largest absolute Gasteiger partial charge is 0.481 e. The summed E-state index contributed by atoms with van der Waals surface area (Å²) in [6.07, 6.45) is 3.12. The van der Waals surface area contributed by atoms with Crippen LogP contribution < -0.4 is 0 Å². The number of hydrogen-bond donors (Lipinski definition) is 1. The Hall–Kier alpha value is -1.43. The Kier molecular flexibility index (Phi) is 6.24. The highest BCUT2D eigenvalue weighted by molar-refractivity contribution is 5.66. The highest BCUT2D eigenvalue weighted by Crippen LogP contribution is 2.07. The molecule has 0 atom stereocenters. The number of aliphatic carboxylic acids is 1. The van der Waals surface area contributed by atoms with Crippen LogP contribution in [0.4, 0.5) is 0 Å². The third-order valence-electron chi connectivity index (χ3n) is 2.11. The molecule has 6 nitrogen and oxygen atoms in total. The molecule has 1 aromatic rings. The topological polar surface area (TPSA) is 85.5 Å². The third-order valence-corrected chi connectivity index (χ3v) is 2.11. The van der Waals surface area contributed by atoms with Gasteiger partial charge in [0.15, 0.2) is 0 Å². The maximum absolute atomic E-state index is 10.3. The van der Waals surface area contributed by atoms with Crippen molar-refractivity contribution in [3.05, 3.63) is 11.8 Å². The summed E-state index contributed by atoms with van der Waals surface area (Å²) in [7, 11) is 0. The summed E-state index contributed by atoms with van der Waals surface area (Å²) in [5.74, 6) is 0.251. The van der Waals surface area contributed by atoms with Crippen molar-refractivity contribution in [2.75, 3.05) is 6.61 Å². The van der Waals surface area contributed by atoms with Gasteiger partial charge in [0.25, 0.3) is 0 Å². The molecule has 0 aromatic carbocycles. The van der Waals surface area contributed by atoms with Crippen molar-refractivity contribution in [2.45, 2.75) is 45.6 Å². The molecule has 0 aliphatic heterocycles. The van der Waals surface area contributed by atoms with E-state index in [0.29, 0.717) is 37.8 Å². The number of carboxylic acids is 1. The van der Waals surface area contributed by atoms with Crippen LogP contribution >= 0.6 is 0 Å². The normalized spacial score (nSPS) is 10.6. The van der Waals surface area contributed by atoms with Crippen LogP contribution in [0.2, 0.25) is 0 Å². The molecule has 0 fully saturated rings. The van der Waals surface area contributed by atoms with Gasteiger partial charge in [-0.15, -0.1) is 10.2 Å². The summed E-state index contributed by atoms with van der Waals surface area (Å²) in [5, 5.41) is 16.2. The number of ether oxygens (including phenoxy) is 1. The van der Waals surface area contributed by atoms with Crippen molar-refractivity contribution < 1.29 is 19.1 Å². The Morgan fingerprint density at radius 2 is 2.12 bits per heavy atom. The molecular weight excluding hydrogens is 224 g/mol. The van der Waals surface area contributed by atoms with Crippen LogP contribution in [0.25, 0.3) is 0 Å². The summed E-state index contributed by atoms with van der Waals surface area (Å²) < 4.78 is 10.6. The van der Waals surface area contributed by atoms with E-state index in [1.54, 1.807) is 0 Å². The number of rotatable bonds is 9. The fourth-order valence-corrected chi connectivity index (χ4v) is 1.30. The van der Waals surface area contributed by atoms with Gasteiger partial charge in [0.2, 0.25) is 11.8 Å². The van der Waals surface area contributed by atoms with E-state index in [9.17, 15) is 4.79 Å². The molecule has 0 saturated carbocycles. The molecule has 0 unspecified atom stereocenters. The average Bonchev–Trinajstić information content (AvgIpc) is 2.73. The van der Waals surface area contributed by atoms with Crippen molar-refractivity contribution in [1.29, 1.82) is 0 Å². The van der Waals surface area contributed by atoms with Gasteiger partial charge in [0, 0.05) is 19.4 Å². The first-order chi connectivity index (χ1) is 8.22. The van der Waals surface area contributed by atoms with E-state index in [0.717, 1.165) is 12.8 Å². The van der Waals surface area contributed by atoms with Crippen LogP contribution in [0.3, 0.4) is 0 Å². The lowest BCUT2D eigenvalue weighted by molar-refractivity contribution is -0.137. The molecule has 0 bridgehead atoms. The van der Waals surface area contributed by atoms with Crippen molar-refractivity contribution in [2.24, 2.45) is 0 Å². The summed E-state index contributed by atoms with van der Waals surface area (Å²) >= 11 is 0. The molecule has 0 amide bonds. The Bertz CT molecular complexity index is 338. The van der Waals surface area contributed by atoms with Crippen molar-refractivity contribution in [3.8, 4) is 0 Å². The lowest BCUT2D eigenvalue weighted by atomic mass is 10.2. The van der Waals surface area contributed by atoms with E-state index in [-0.39, 0.29) is 6.42 Å². The van der Waals surface area contributed by atoms with Gasteiger partial charge >= 0.3 is 5.97 Å². The molecule has 1 aromatic heterocycles. The number of aromatic nitrogens is 2. The molecule has 1 heterocycles. The van der Waals surface area contributed by atoms with Gasteiger partial charge in [0.1, 0.15) is 6.61 Å². The first-order valence-corrected chi connectivity index (χ1v) is 5.83. The van der Waals surface area contributed by atoms with Crippen LogP contribution in [0, 0.1) is 0 Å². The minimum absolute atomic E-state index is 0.181. The van der Waals surface area contributed by atoms with Gasteiger partial charge in [-0.2, -0.15) is 0 Å². The monoisotopic (exact) mass is 242 g/mol. The molecule has 6 heteroatoms. The Morgan fingerprint density at radius 1 is 1.35 bits per heavy atom. The average molecular weight is 242 g/mol. The SMILES string of the molecule is CCCOCc1nnc(CCCCC(=O)O)o1. The molecule has 0 aliphatic carbocycles. The number of carboxylic acid groups (broad SMARTS) is 1. The number of unbranched alkanes of at least 4 members (excludes halogenated alkanes) is 1. The summed E-state index contributed by atoms with van der Waals surface area (Å²) in [5.41, 5.74) is 0. The summed E-state index contributed by atoms with van der Waals surface area (Å²) in [6.45, 7) is 3.05. The van der Waals surface area contributed by atoms with Crippen LogP contribution in [0.1, 0.15) is 44.4 Å². The summed E-state index contributed by atoms with van der Waals surface area (Å²) in [6, 6.07) is 0. The molecular formula is C11H18N2O4. The van der Waals surface area contributed by atoms with Crippen molar-refractivity contribution in [3.63, 3.8) is 0 Å². The van der Waals surface area contributed by atoms with E-state index >= 15 is 0 Å². The van der Waals surface area contributed by atoms with Crippen LogP contribution in [0.5, 0.6) is 0 Å². The fourth-order valence-electron chi connectivity index (χ4n) is 1.30. The molecule has 0 aliphatic rings. The third kappa shape index (κ3) is 6.01. The lowest BCUT2D eigenvalue weighted by Crippen LogP contribution is -1.95. The van der Waals surface area contributed by atoms with Crippen LogP contribution in [-0.4, -0.2) is 27.9 Å². The van der Waals surface area contributed by atoms with Gasteiger partial charge in [-0.1, -0.05) is 6.92 Å². The Labute approximate surface area is 100.0 Å². The second-order valence-corrected chi connectivity index (χ2v) is 3.74. The first-order valence-electron chi connectivity index (χ1n) is 5.83. The molecule has 0 saturated heterocycles. The fraction of sp³-hybridized carbons (Fsp3) is 0.727. The van der Waals surface area contributed by atoms with E-state index in [1.807, 2.05) is 6.92 Å². The number of carbonyl (C=O) groups is 1. The van der Waals surface area contributed by atoms with Crippen LogP contribution in [-0.2, 0) is 22.6 Å². The lowest BCUT2D eigenvalue weighted by Gasteiger charge is -1.96. The molecule has 17 heavy (non-hydrogen) atoms. The van der Waals surface area contributed by atoms with Gasteiger partial charge < -0.3 is 14.3 Å². The smallest absolute Gasteiger partial charge is 0.303 e. The standard InChI is InChI=1S/C11H18N2O4/c1-2-7-16-8-10-13-12-9(17-10)5-3-4-6-11(14)15/h2-8H2,1H3,(H,14,15). The van der Waals surface area contributed by atoms with Crippen LogP contribution in [0.15, 0.2) is 4.42 Å². The van der Waals surface area contributed by atoms with Crippen molar-refractivity contribution >= 4 is 5.97 Å². The number of nitrogens with zero attached hydrogens (tertiary/aromatic N) is 2. The van der Waals surface area contributed by atoms with Gasteiger partial charge in [-0.25, -0.2) is 0 Å². The zero-order valence-electron chi connectivity index (χ0n) is 10.0. The molecule has 96 valence electrons. The molecule has 1 N–H and O–H groups in total. The molecule has 0 radical (unpaired) electrons. The first kappa shape index (κ1) is 13.6. The van der Waals surface area contributed by atoms with Crippen molar-refractivity contribution in [1.82, 2.24) is 10.2 Å². The number of aryl methyl sites for hydroxylation is 1. The van der Waals surface area contributed by atoms with E-state index in [1.165, 1.54) is 0 Å². The highest BCUT2D eigenvalue weighted by atomic mass is 16.5. The van der Waals surface area contributed by atoms with Gasteiger partial charge in [-0.05, 0) is 19.3 Å². The Morgan fingerprint density at radius 3 is 2.82 bits per heavy atom. The maximum atomic E-state index is 10.3. The predicted octanol–water partition coefficient (Wildman–Crippen LogP) is 1.79. The molecule has 1 rings (SSSR count). The minimum atomic E-state index is -0.774. The quantitative estimate of drug-likeness (QED) is 0.664.